The number of amides is 2. The number of hydrogen-bond donors (Lipinski definition) is 2. The molecule has 0 spiro atoms. The van der Waals surface area contributed by atoms with Crippen molar-refractivity contribution in [2.24, 2.45) is 0 Å². The number of benzene rings is 3. The van der Waals surface area contributed by atoms with Crippen LogP contribution in [0.5, 0.6) is 11.5 Å². The Morgan fingerprint density at radius 3 is 1.30 bits per heavy atom. The van der Waals surface area contributed by atoms with Crippen LogP contribution in [-0.2, 0) is 9.59 Å². The van der Waals surface area contributed by atoms with E-state index in [-0.39, 0.29) is 11.8 Å². The molecule has 2 atom stereocenters. The Kier molecular flexibility index (Phi) is 7.05. The largest absolute Gasteiger partial charge is 0.481 e. The number of carbonyl (C=O) groups excluding carboxylic acids is 2. The highest BCUT2D eigenvalue weighted by Gasteiger charge is 2.19. The molecule has 2 unspecified atom stereocenters. The zero-order valence-electron chi connectivity index (χ0n) is 16.9. The van der Waals surface area contributed by atoms with Crippen molar-refractivity contribution in [1.29, 1.82) is 0 Å². The molecule has 0 aliphatic heterocycles. The second kappa shape index (κ2) is 10.1. The first-order chi connectivity index (χ1) is 14.5. The Bertz CT molecular complexity index is 896. The molecule has 6 heteroatoms. The predicted molar refractivity (Wildman–Crippen MR) is 117 cm³/mol. The van der Waals surface area contributed by atoms with Gasteiger partial charge in [-0.1, -0.05) is 48.5 Å². The number of rotatable bonds is 8. The zero-order chi connectivity index (χ0) is 21.3. The second-order valence-corrected chi connectivity index (χ2v) is 6.67. The summed E-state index contributed by atoms with van der Waals surface area (Å²) in [7, 11) is 0. The first kappa shape index (κ1) is 20.9. The van der Waals surface area contributed by atoms with E-state index in [9.17, 15) is 9.59 Å². The van der Waals surface area contributed by atoms with Crippen molar-refractivity contribution in [1.82, 2.24) is 0 Å². The van der Waals surface area contributed by atoms with E-state index in [0.717, 1.165) is 0 Å². The van der Waals surface area contributed by atoms with E-state index in [1.54, 1.807) is 62.4 Å². The molecule has 0 saturated carbocycles. The molecule has 0 aliphatic rings. The molecule has 0 saturated heterocycles. The molecule has 3 rings (SSSR count). The van der Waals surface area contributed by atoms with Gasteiger partial charge in [-0.25, -0.2) is 0 Å². The van der Waals surface area contributed by atoms with Crippen molar-refractivity contribution in [2.45, 2.75) is 26.1 Å². The van der Waals surface area contributed by atoms with Gasteiger partial charge in [0.05, 0.1) is 11.4 Å². The van der Waals surface area contributed by atoms with Crippen molar-refractivity contribution in [2.75, 3.05) is 10.6 Å². The lowest BCUT2D eigenvalue weighted by molar-refractivity contribution is -0.122. The molecule has 0 aromatic heterocycles. The maximum atomic E-state index is 12.6. The number of ether oxygens (including phenoxy) is 2. The van der Waals surface area contributed by atoms with E-state index in [4.69, 9.17) is 9.47 Å². The summed E-state index contributed by atoms with van der Waals surface area (Å²) in [5, 5.41) is 5.61. The Morgan fingerprint density at radius 2 is 0.933 bits per heavy atom. The molecule has 30 heavy (non-hydrogen) atoms. The maximum absolute atomic E-state index is 12.6. The normalized spacial score (nSPS) is 12.3. The fourth-order valence-electron chi connectivity index (χ4n) is 2.68. The van der Waals surface area contributed by atoms with Crippen LogP contribution in [-0.4, -0.2) is 24.0 Å². The minimum atomic E-state index is -0.712. The molecule has 154 valence electrons. The van der Waals surface area contributed by atoms with Gasteiger partial charge in [-0.15, -0.1) is 0 Å². The van der Waals surface area contributed by atoms with Gasteiger partial charge in [-0.05, 0) is 50.2 Å². The fraction of sp³-hybridized carbons (Fsp3) is 0.167. The summed E-state index contributed by atoms with van der Waals surface area (Å²) in [6.45, 7) is 3.33. The summed E-state index contributed by atoms with van der Waals surface area (Å²) >= 11 is 0. The smallest absolute Gasteiger partial charge is 0.265 e. The monoisotopic (exact) mass is 404 g/mol. The molecule has 6 nitrogen and oxygen atoms in total. The lowest BCUT2D eigenvalue weighted by Crippen LogP contribution is -2.32. The summed E-state index contributed by atoms with van der Waals surface area (Å²) < 4.78 is 11.3. The van der Waals surface area contributed by atoms with Gasteiger partial charge in [0, 0.05) is 0 Å². The van der Waals surface area contributed by atoms with E-state index in [2.05, 4.69) is 10.6 Å². The van der Waals surface area contributed by atoms with Gasteiger partial charge in [0.1, 0.15) is 11.5 Å². The molecular formula is C24H24N2O4. The van der Waals surface area contributed by atoms with Gasteiger partial charge in [-0.3, -0.25) is 9.59 Å². The Hall–Kier alpha value is -3.80. The first-order valence-corrected chi connectivity index (χ1v) is 9.67. The topological polar surface area (TPSA) is 76.7 Å². The van der Waals surface area contributed by atoms with Crippen LogP contribution in [0.4, 0.5) is 11.4 Å². The Morgan fingerprint density at radius 1 is 0.600 bits per heavy atom. The molecule has 0 bridgehead atoms. The van der Waals surface area contributed by atoms with Gasteiger partial charge in [-0.2, -0.15) is 0 Å². The lowest BCUT2D eigenvalue weighted by atomic mass is 10.2. The van der Waals surface area contributed by atoms with Crippen molar-refractivity contribution in [3.8, 4) is 11.5 Å². The van der Waals surface area contributed by atoms with Crippen molar-refractivity contribution >= 4 is 23.2 Å². The fourth-order valence-corrected chi connectivity index (χ4v) is 2.68. The van der Waals surface area contributed by atoms with E-state index in [0.29, 0.717) is 22.9 Å². The molecule has 0 heterocycles. The third kappa shape index (κ3) is 5.85. The van der Waals surface area contributed by atoms with Crippen LogP contribution in [0.25, 0.3) is 0 Å². The average molecular weight is 404 g/mol. The molecule has 3 aromatic rings. The Labute approximate surface area is 175 Å². The van der Waals surface area contributed by atoms with Crippen LogP contribution >= 0.6 is 0 Å². The first-order valence-electron chi connectivity index (χ1n) is 9.67. The summed E-state index contributed by atoms with van der Waals surface area (Å²) in [5.41, 5.74) is 0.956. The number of para-hydroxylation sites is 4. The summed E-state index contributed by atoms with van der Waals surface area (Å²) in [4.78, 5) is 25.1. The molecule has 3 aromatic carbocycles. The second-order valence-electron chi connectivity index (χ2n) is 6.67. The minimum absolute atomic E-state index is 0.325. The van der Waals surface area contributed by atoms with Crippen LogP contribution in [0.15, 0.2) is 84.9 Å². The molecule has 0 aliphatic carbocycles. The van der Waals surface area contributed by atoms with Crippen LogP contribution in [0, 0.1) is 0 Å². The average Bonchev–Trinajstić information content (AvgIpc) is 2.76. The molecule has 0 fully saturated rings. The van der Waals surface area contributed by atoms with E-state index in [1.165, 1.54) is 0 Å². The highest BCUT2D eigenvalue weighted by atomic mass is 16.5. The number of nitrogens with one attached hydrogen (secondary N) is 2. The van der Waals surface area contributed by atoms with Crippen molar-refractivity contribution in [3.05, 3.63) is 84.9 Å². The van der Waals surface area contributed by atoms with E-state index < -0.39 is 12.2 Å². The molecular weight excluding hydrogens is 380 g/mol. The zero-order valence-corrected chi connectivity index (χ0v) is 16.9. The highest BCUT2D eigenvalue weighted by Crippen LogP contribution is 2.22. The standard InChI is InChI=1S/C24H24N2O4/c1-17(29-19-11-5-3-6-12-19)23(27)25-21-15-9-10-16-22(21)26-24(28)18(2)30-20-13-7-4-8-14-20/h3-18H,1-2H3,(H,25,27)(H,26,28). The van der Waals surface area contributed by atoms with E-state index in [1.807, 2.05) is 36.4 Å². The third-order valence-corrected chi connectivity index (χ3v) is 4.29. The van der Waals surface area contributed by atoms with Gasteiger partial charge in [0.15, 0.2) is 12.2 Å². The van der Waals surface area contributed by atoms with Gasteiger partial charge in [0.25, 0.3) is 11.8 Å². The van der Waals surface area contributed by atoms with Gasteiger partial charge >= 0.3 is 0 Å². The van der Waals surface area contributed by atoms with Crippen molar-refractivity contribution in [3.63, 3.8) is 0 Å². The van der Waals surface area contributed by atoms with Crippen LogP contribution < -0.4 is 20.1 Å². The quantitative estimate of drug-likeness (QED) is 0.580. The maximum Gasteiger partial charge on any atom is 0.265 e. The molecule has 0 radical (unpaired) electrons. The summed E-state index contributed by atoms with van der Waals surface area (Å²) in [6.07, 6.45) is -1.42. The predicted octanol–water partition coefficient (Wildman–Crippen LogP) is 4.50. The number of carbonyl (C=O) groups is 2. The minimum Gasteiger partial charge on any atom is -0.481 e. The lowest BCUT2D eigenvalue weighted by Gasteiger charge is -2.18. The number of hydrogen-bond acceptors (Lipinski definition) is 4. The third-order valence-electron chi connectivity index (χ3n) is 4.29. The summed E-state index contributed by atoms with van der Waals surface area (Å²) in [6, 6.07) is 25.2. The molecule has 2 N–H and O–H groups in total. The van der Waals surface area contributed by atoms with Crippen molar-refractivity contribution < 1.29 is 19.1 Å². The van der Waals surface area contributed by atoms with Gasteiger partial charge in [0.2, 0.25) is 0 Å². The van der Waals surface area contributed by atoms with Crippen LogP contribution in [0.3, 0.4) is 0 Å². The van der Waals surface area contributed by atoms with Gasteiger partial charge < -0.3 is 20.1 Å². The molecule has 2 amide bonds. The highest BCUT2D eigenvalue weighted by molar-refractivity contribution is 6.02. The summed E-state index contributed by atoms with van der Waals surface area (Å²) in [5.74, 6) is 0.561. The Balaban J connectivity index is 1.62. The van der Waals surface area contributed by atoms with Crippen LogP contribution in [0.2, 0.25) is 0 Å². The van der Waals surface area contributed by atoms with Crippen LogP contribution in [0.1, 0.15) is 13.8 Å². The SMILES string of the molecule is CC(Oc1ccccc1)C(=O)Nc1ccccc1NC(=O)C(C)Oc1ccccc1. The van der Waals surface area contributed by atoms with E-state index >= 15 is 0 Å². The number of anilines is 2.